The van der Waals surface area contributed by atoms with Crippen LogP contribution in [0.15, 0.2) is 33.2 Å². The number of carbonyl (C=O) groups excluding carboxylic acids is 1. The lowest BCUT2D eigenvalue weighted by atomic mass is 9.95. The van der Waals surface area contributed by atoms with E-state index in [0.29, 0.717) is 0 Å². The predicted molar refractivity (Wildman–Crippen MR) is 125 cm³/mol. The molecule has 2 aromatic rings. The van der Waals surface area contributed by atoms with Gasteiger partial charge in [0.1, 0.15) is 0 Å². The van der Waals surface area contributed by atoms with Gasteiger partial charge in [0.15, 0.2) is 0 Å². The van der Waals surface area contributed by atoms with Gasteiger partial charge in [-0.2, -0.15) is 0 Å². The second-order valence-electron chi connectivity index (χ2n) is 8.57. The standard InChI is InChI=1S/C14H18BrNO.C9H10BrN/c1-14(2,3)13(17)16-12-10-6-4-5-9(10)7-8-11(12)15;10-8-5-4-6-2-1-3-7(6)9(8)11/h7-8H,4-6H2,1-3H3,(H,16,17);4-5H,1-3,11H2. The number of nitrogens with one attached hydrogen (secondary N) is 1. The number of nitrogens with two attached hydrogens (primary N) is 1. The normalized spacial score (nSPS) is 14.8. The molecule has 0 saturated heterocycles. The molecule has 5 heteroatoms. The second kappa shape index (κ2) is 8.58. The summed E-state index contributed by atoms with van der Waals surface area (Å²) in [6.45, 7) is 5.79. The molecule has 3 N–H and O–H groups in total. The molecule has 2 aliphatic rings. The van der Waals surface area contributed by atoms with Gasteiger partial charge in [0.05, 0.1) is 5.69 Å². The maximum atomic E-state index is 12.1. The number of hydrogen-bond acceptors (Lipinski definition) is 2. The van der Waals surface area contributed by atoms with Gasteiger partial charge < -0.3 is 11.1 Å². The van der Waals surface area contributed by atoms with E-state index in [-0.39, 0.29) is 11.3 Å². The van der Waals surface area contributed by atoms with Crippen LogP contribution in [0.4, 0.5) is 11.4 Å². The van der Waals surface area contributed by atoms with E-state index < -0.39 is 0 Å². The second-order valence-corrected chi connectivity index (χ2v) is 10.3. The van der Waals surface area contributed by atoms with E-state index in [2.05, 4.69) is 49.3 Å². The quantitative estimate of drug-likeness (QED) is 0.436. The Balaban J connectivity index is 0.000000176. The summed E-state index contributed by atoms with van der Waals surface area (Å²) < 4.78 is 2.02. The zero-order valence-corrected chi connectivity index (χ0v) is 20.0. The number of amides is 1. The Labute approximate surface area is 184 Å². The fourth-order valence-electron chi connectivity index (χ4n) is 3.74. The molecule has 0 heterocycles. The van der Waals surface area contributed by atoms with Crippen molar-refractivity contribution in [3.63, 3.8) is 0 Å². The minimum absolute atomic E-state index is 0.0681. The van der Waals surface area contributed by atoms with Gasteiger partial charge >= 0.3 is 0 Å². The van der Waals surface area contributed by atoms with Gasteiger partial charge in [-0.3, -0.25) is 4.79 Å². The summed E-state index contributed by atoms with van der Waals surface area (Å²) >= 11 is 6.95. The lowest BCUT2D eigenvalue weighted by Gasteiger charge is -2.20. The van der Waals surface area contributed by atoms with Crippen molar-refractivity contribution >= 4 is 49.1 Å². The summed E-state index contributed by atoms with van der Waals surface area (Å²) in [4.78, 5) is 12.1. The van der Waals surface area contributed by atoms with Crippen molar-refractivity contribution < 1.29 is 4.79 Å². The Morgan fingerprint density at radius 3 is 2.04 bits per heavy atom. The minimum atomic E-state index is -0.360. The highest BCUT2D eigenvalue weighted by Gasteiger charge is 2.24. The number of benzene rings is 2. The average Bonchev–Trinajstić information content (AvgIpc) is 3.29. The monoisotopic (exact) mass is 506 g/mol. The molecule has 2 aromatic carbocycles. The van der Waals surface area contributed by atoms with Crippen molar-refractivity contribution in [2.45, 2.75) is 59.3 Å². The third kappa shape index (κ3) is 4.62. The van der Waals surface area contributed by atoms with Crippen LogP contribution in [0.5, 0.6) is 0 Å². The zero-order chi connectivity index (χ0) is 20.5. The van der Waals surface area contributed by atoms with E-state index in [4.69, 9.17) is 5.73 Å². The fourth-order valence-corrected chi connectivity index (χ4v) is 4.58. The first kappa shape index (κ1) is 21.4. The molecule has 0 saturated carbocycles. The highest BCUT2D eigenvalue weighted by Crippen LogP contribution is 2.36. The molecule has 4 rings (SSSR count). The van der Waals surface area contributed by atoms with Crippen molar-refractivity contribution in [1.82, 2.24) is 0 Å². The van der Waals surface area contributed by atoms with Gasteiger partial charge in [-0.25, -0.2) is 0 Å². The van der Waals surface area contributed by atoms with E-state index >= 15 is 0 Å². The summed E-state index contributed by atoms with van der Waals surface area (Å²) in [5.74, 6) is 0.0681. The smallest absolute Gasteiger partial charge is 0.229 e. The van der Waals surface area contributed by atoms with Gasteiger partial charge in [-0.05, 0) is 105 Å². The van der Waals surface area contributed by atoms with Crippen molar-refractivity contribution in [3.05, 3.63) is 55.5 Å². The van der Waals surface area contributed by atoms with Crippen LogP contribution < -0.4 is 11.1 Å². The maximum Gasteiger partial charge on any atom is 0.229 e. The van der Waals surface area contributed by atoms with Gasteiger partial charge in [0.2, 0.25) is 5.91 Å². The number of rotatable bonds is 1. The van der Waals surface area contributed by atoms with Crippen LogP contribution in [0.3, 0.4) is 0 Å². The molecule has 150 valence electrons. The van der Waals surface area contributed by atoms with Gasteiger partial charge in [0, 0.05) is 20.0 Å². The molecule has 0 radical (unpaired) electrons. The van der Waals surface area contributed by atoms with Crippen LogP contribution in [0, 0.1) is 5.41 Å². The Hall–Kier alpha value is -1.33. The first-order valence-corrected chi connectivity index (χ1v) is 11.4. The molecule has 2 aliphatic carbocycles. The number of nitrogen functional groups attached to an aromatic ring is 1. The van der Waals surface area contributed by atoms with Crippen molar-refractivity contribution in [2.75, 3.05) is 11.1 Å². The number of halogens is 2. The Morgan fingerprint density at radius 1 is 0.893 bits per heavy atom. The number of aryl methyl sites for hydroxylation is 2. The lowest BCUT2D eigenvalue weighted by molar-refractivity contribution is -0.123. The highest BCUT2D eigenvalue weighted by molar-refractivity contribution is 9.11. The largest absolute Gasteiger partial charge is 0.398 e. The Kier molecular flexibility index (Phi) is 6.55. The van der Waals surface area contributed by atoms with E-state index in [9.17, 15) is 4.79 Å². The van der Waals surface area contributed by atoms with Crippen LogP contribution >= 0.6 is 31.9 Å². The summed E-state index contributed by atoms with van der Waals surface area (Å²) in [5, 5.41) is 3.06. The topological polar surface area (TPSA) is 55.1 Å². The third-order valence-electron chi connectivity index (χ3n) is 5.43. The number of carbonyl (C=O) groups is 1. The van der Waals surface area contributed by atoms with Gasteiger partial charge in [-0.15, -0.1) is 0 Å². The molecule has 0 atom stereocenters. The molecule has 0 aliphatic heterocycles. The van der Waals surface area contributed by atoms with Gasteiger partial charge in [-0.1, -0.05) is 32.9 Å². The molecular weight excluding hydrogens is 480 g/mol. The number of fused-ring (bicyclic) bond motifs is 2. The molecule has 0 bridgehead atoms. The van der Waals surface area contributed by atoms with E-state index in [1.165, 1.54) is 41.5 Å². The van der Waals surface area contributed by atoms with Crippen LogP contribution in [-0.4, -0.2) is 5.91 Å². The summed E-state index contributed by atoms with van der Waals surface area (Å²) in [6.07, 6.45) is 6.99. The maximum absolute atomic E-state index is 12.1. The van der Waals surface area contributed by atoms with Gasteiger partial charge in [0.25, 0.3) is 0 Å². The predicted octanol–water partition coefficient (Wildman–Crippen LogP) is 6.44. The van der Waals surface area contributed by atoms with Crippen LogP contribution in [0.25, 0.3) is 0 Å². The van der Waals surface area contributed by atoms with Crippen LogP contribution in [-0.2, 0) is 30.5 Å². The van der Waals surface area contributed by atoms with E-state index in [1.807, 2.05) is 32.9 Å². The number of anilines is 2. The molecule has 0 spiro atoms. The third-order valence-corrected chi connectivity index (χ3v) is 6.78. The van der Waals surface area contributed by atoms with Crippen molar-refractivity contribution in [2.24, 2.45) is 5.41 Å². The lowest BCUT2D eigenvalue weighted by Crippen LogP contribution is -2.28. The molecule has 0 aromatic heterocycles. The molecule has 0 fully saturated rings. The molecular formula is C23H28Br2N2O. The number of hydrogen-bond donors (Lipinski definition) is 2. The Bertz CT molecular complexity index is 900. The molecule has 1 amide bonds. The molecule has 0 unspecified atom stereocenters. The van der Waals surface area contributed by atoms with Crippen LogP contribution in [0.1, 0.15) is 55.9 Å². The Morgan fingerprint density at radius 2 is 1.43 bits per heavy atom. The van der Waals surface area contributed by atoms with Crippen molar-refractivity contribution in [1.29, 1.82) is 0 Å². The SMILES string of the molecule is CC(C)(C)C(=O)Nc1c(Br)ccc2c1CCC2.Nc1c(Br)ccc2c1CCC2. The highest BCUT2D eigenvalue weighted by atomic mass is 79.9. The first-order chi connectivity index (χ1) is 13.2. The molecule has 28 heavy (non-hydrogen) atoms. The van der Waals surface area contributed by atoms with Crippen LogP contribution in [0.2, 0.25) is 0 Å². The van der Waals surface area contributed by atoms with Crippen molar-refractivity contribution in [3.8, 4) is 0 Å². The zero-order valence-electron chi connectivity index (χ0n) is 16.8. The molecule has 3 nitrogen and oxygen atoms in total. The summed E-state index contributed by atoms with van der Waals surface area (Å²) in [7, 11) is 0. The fraction of sp³-hybridized carbons (Fsp3) is 0.435. The first-order valence-electron chi connectivity index (χ1n) is 9.86. The van der Waals surface area contributed by atoms with E-state index in [0.717, 1.165) is 39.6 Å². The van der Waals surface area contributed by atoms with E-state index in [1.54, 1.807) is 0 Å². The average molecular weight is 508 g/mol. The summed E-state index contributed by atoms with van der Waals surface area (Å²) in [5.41, 5.74) is 12.9. The minimum Gasteiger partial charge on any atom is -0.398 e. The summed E-state index contributed by atoms with van der Waals surface area (Å²) in [6, 6.07) is 8.39.